The van der Waals surface area contributed by atoms with Gasteiger partial charge in [-0.05, 0) is 38.3 Å². The van der Waals surface area contributed by atoms with Gasteiger partial charge < -0.3 is 10.5 Å². The van der Waals surface area contributed by atoms with Crippen LogP contribution in [0.5, 0.6) is 0 Å². The lowest BCUT2D eigenvalue weighted by Crippen LogP contribution is -2.27. The Kier molecular flexibility index (Phi) is 3.31. The summed E-state index contributed by atoms with van der Waals surface area (Å²) in [6.07, 6.45) is 1.37. The minimum Gasteiger partial charge on any atom is -0.378 e. The van der Waals surface area contributed by atoms with Gasteiger partial charge in [0.2, 0.25) is 0 Å². The van der Waals surface area contributed by atoms with Crippen molar-refractivity contribution in [2.24, 2.45) is 11.7 Å². The van der Waals surface area contributed by atoms with E-state index < -0.39 is 0 Å². The molecule has 0 aliphatic carbocycles. The van der Waals surface area contributed by atoms with Crippen LogP contribution in [-0.4, -0.2) is 12.7 Å². The molecule has 1 aliphatic rings. The molecule has 1 saturated heterocycles. The molecule has 1 fully saturated rings. The van der Waals surface area contributed by atoms with Crippen molar-refractivity contribution >= 4 is 0 Å². The molecule has 0 amide bonds. The molecule has 0 saturated carbocycles. The molecule has 0 spiro atoms. The van der Waals surface area contributed by atoms with Gasteiger partial charge in [0.25, 0.3) is 0 Å². The molecular weight excluding hydrogens is 198 g/mol. The SMILES string of the molecule is Cc1ccc(C(N)C2CCOC2C)c(C)c1. The maximum absolute atomic E-state index is 6.36. The van der Waals surface area contributed by atoms with Crippen molar-refractivity contribution in [1.29, 1.82) is 0 Å². The van der Waals surface area contributed by atoms with E-state index in [0.29, 0.717) is 5.92 Å². The molecule has 0 bridgehead atoms. The lowest BCUT2D eigenvalue weighted by Gasteiger charge is -2.24. The number of hydrogen-bond donors (Lipinski definition) is 1. The molecule has 88 valence electrons. The van der Waals surface area contributed by atoms with Gasteiger partial charge in [0, 0.05) is 18.6 Å². The average molecular weight is 219 g/mol. The maximum atomic E-state index is 6.36. The molecule has 3 atom stereocenters. The van der Waals surface area contributed by atoms with Crippen molar-refractivity contribution in [3.05, 3.63) is 34.9 Å². The Morgan fingerprint density at radius 3 is 2.69 bits per heavy atom. The monoisotopic (exact) mass is 219 g/mol. The topological polar surface area (TPSA) is 35.2 Å². The number of rotatable bonds is 2. The summed E-state index contributed by atoms with van der Waals surface area (Å²) in [6.45, 7) is 7.23. The molecule has 1 aromatic rings. The molecule has 3 unspecified atom stereocenters. The first-order valence-corrected chi connectivity index (χ1v) is 6.04. The predicted molar refractivity (Wildman–Crippen MR) is 66.4 cm³/mol. The summed E-state index contributed by atoms with van der Waals surface area (Å²) in [5.74, 6) is 0.460. The number of benzene rings is 1. The molecule has 1 aliphatic heterocycles. The molecule has 2 heteroatoms. The van der Waals surface area contributed by atoms with E-state index in [-0.39, 0.29) is 12.1 Å². The smallest absolute Gasteiger partial charge is 0.0594 e. The normalized spacial score (nSPS) is 27.0. The summed E-state index contributed by atoms with van der Waals surface area (Å²) >= 11 is 0. The first kappa shape index (κ1) is 11.6. The van der Waals surface area contributed by atoms with E-state index in [4.69, 9.17) is 10.5 Å². The highest BCUT2D eigenvalue weighted by Gasteiger charge is 2.31. The van der Waals surface area contributed by atoms with E-state index in [0.717, 1.165) is 13.0 Å². The third-order valence-corrected chi connectivity index (χ3v) is 3.68. The Hall–Kier alpha value is -0.860. The van der Waals surface area contributed by atoms with E-state index in [1.807, 2.05) is 0 Å². The van der Waals surface area contributed by atoms with Gasteiger partial charge in [-0.1, -0.05) is 23.8 Å². The molecular formula is C14H21NO. The minimum atomic E-state index is 0.109. The van der Waals surface area contributed by atoms with Crippen LogP contribution < -0.4 is 5.73 Å². The molecule has 0 aromatic heterocycles. The van der Waals surface area contributed by atoms with E-state index in [1.165, 1.54) is 16.7 Å². The second-order valence-electron chi connectivity index (χ2n) is 4.91. The fraction of sp³-hybridized carbons (Fsp3) is 0.571. The van der Waals surface area contributed by atoms with Gasteiger partial charge in [-0.3, -0.25) is 0 Å². The van der Waals surface area contributed by atoms with Crippen molar-refractivity contribution in [1.82, 2.24) is 0 Å². The van der Waals surface area contributed by atoms with E-state index in [2.05, 4.69) is 39.0 Å². The van der Waals surface area contributed by atoms with Crippen molar-refractivity contribution in [2.75, 3.05) is 6.61 Å². The molecule has 16 heavy (non-hydrogen) atoms. The standard InChI is InChI=1S/C14H21NO/c1-9-4-5-12(10(2)8-9)14(15)13-6-7-16-11(13)3/h4-5,8,11,13-14H,6-7,15H2,1-3H3. The number of aryl methyl sites for hydroxylation is 2. The summed E-state index contributed by atoms with van der Waals surface area (Å²) in [4.78, 5) is 0. The first-order valence-electron chi connectivity index (χ1n) is 6.04. The highest BCUT2D eigenvalue weighted by atomic mass is 16.5. The average Bonchev–Trinajstić information content (AvgIpc) is 2.63. The van der Waals surface area contributed by atoms with Gasteiger partial charge in [-0.25, -0.2) is 0 Å². The highest BCUT2D eigenvalue weighted by molar-refractivity contribution is 5.33. The lowest BCUT2D eigenvalue weighted by molar-refractivity contribution is 0.0994. The van der Waals surface area contributed by atoms with Gasteiger partial charge >= 0.3 is 0 Å². The van der Waals surface area contributed by atoms with Crippen LogP contribution in [0.2, 0.25) is 0 Å². The van der Waals surface area contributed by atoms with Crippen LogP contribution in [0.4, 0.5) is 0 Å². The maximum Gasteiger partial charge on any atom is 0.0594 e. The third-order valence-electron chi connectivity index (χ3n) is 3.68. The molecule has 1 heterocycles. The molecule has 2 nitrogen and oxygen atoms in total. The fourth-order valence-corrected chi connectivity index (χ4v) is 2.65. The van der Waals surface area contributed by atoms with Gasteiger partial charge in [0.15, 0.2) is 0 Å². The third kappa shape index (κ3) is 2.13. The summed E-state index contributed by atoms with van der Waals surface area (Å²) in [5.41, 5.74) is 10.2. The Morgan fingerprint density at radius 2 is 2.12 bits per heavy atom. The number of hydrogen-bond acceptors (Lipinski definition) is 2. The van der Waals surface area contributed by atoms with Crippen molar-refractivity contribution in [2.45, 2.75) is 39.3 Å². The zero-order valence-corrected chi connectivity index (χ0v) is 10.4. The zero-order valence-electron chi connectivity index (χ0n) is 10.4. The van der Waals surface area contributed by atoms with Crippen LogP contribution in [0.15, 0.2) is 18.2 Å². The summed E-state index contributed by atoms with van der Waals surface area (Å²) in [5, 5.41) is 0. The lowest BCUT2D eigenvalue weighted by atomic mass is 9.86. The van der Waals surface area contributed by atoms with Crippen LogP contribution in [-0.2, 0) is 4.74 Å². The van der Waals surface area contributed by atoms with Crippen molar-refractivity contribution in [3.63, 3.8) is 0 Å². The van der Waals surface area contributed by atoms with Crippen LogP contribution >= 0.6 is 0 Å². The second-order valence-corrected chi connectivity index (χ2v) is 4.91. The second kappa shape index (κ2) is 4.56. The minimum absolute atomic E-state index is 0.109. The summed E-state index contributed by atoms with van der Waals surface area (Å²) in [7, 11) is 0. The molecule has 1 aromatic carbocycles. The van der Waals surface area contributed by atoms with Crippen LogP contribution in [0.1, 0.15) is 36.1 Å². The van der Waals surface area contributed by atoms with Crippen LogP contribution in [0.3, 0.4) is 0 Å². The quantitative estimate of drug-likeness (QED) is 0.830. The Balaban J connectivity index is 2.23. The largest absolute Gasteiger partial charge is 0.378 e. The van der Waals surface area contributed by atoms with Crippen LogP contribution in [0.25, 0.3) is 0 Å². The van der Waals surface area contributed by atoms with Crippen molar-refractivity contribution in [3.8, 4) is 0 Å². The van der Waals surface area contributed by atoms with E-state index in [9.17, 15) is 0 Å². The van der Waals surface area contributed by atoms with Gasteiger partial charge in [0.1, 0.15) is 0 Å². The van der Waals surface area contributed by atoms with E-state index in [1.54, 1.807) is 0 Å². The summed E-state index contributed by atoms with van der Waals surface area (Å²) < 4.78 is 5.59. The number of ether oxygens (including phenoxy) is 1. The fourth-order valence-electron chi connectivity index (χ4n) is 2.65. The van der Waals surface area contributed by atoms with Crippen LogP contribution in [0, 0.1) is 19.8 Å². The van der Waals surface area contributed by atoms with Gasteiger partial charge in [-0.15, -0.1) is 0 Å². The Morgan fingerprint density at radius 1 is 1.38 bits per heavy atom. The van der Waals surface area contributed by atoms with Gasteiger partial charge in [0.05, 0.1) is 6.10 Å². The first-order chi connectivity index (χ1) is 7.59. The van der Waals surface area contributed by atoms with E-state index >= 15 is 0 Å². The number of nitrogens with two attached hydrogens (primary N) is 1. The van der Waals surface area contributed by atoms with Gasteiger partial charge in [-0.2, -0.15) is 0 Å². The summed E-state index contributed by atoms with van der Waals surface area (Å²) in [6, 6.07) is 6.62. The van der Waals surface area contributed by atoms with Crippen molar-refractivity contribution < 1.29 is 4.74 Å². The molecule has 2 rings (SSSR count). The zero-order chi connectivity index (χ0) is 11.7. The molecule has 2 N–H and O–H groups in total. The Labute approximate surface area is 97.8 Å². The predicted octanol–water partition coefficient (Wildman–Crippen LogP) is 2.73. The molecule has 0 radical (unpaired) electrons. The Bertz CT molecular complexity index is 375. The highest BCUT2D eigenvalue weighted by Crippen LogP contribution is 2.32.